The molecular formula is C24H32N6O3. The number of carboxylic acid groups (broad SMARTS) is 1. The second kappa shape index (κ2) is 8.88. The summed E-state index contributed by atoms with van der Waals surface area (Å²) in [5, 5.41) is 18.4. The van der Waals surface area contributed by atoms with Gasteiger partial charge in [0.05, 0.1) is 24.3 Å². The van der Waals surface area contributed by atoms with E-state index in [9.17, 15) is 14.7 Å². The average Bonchev–Trinajstić information content (AvgIpc) is 3.12. The van der Waals surface area contributed by atoms with Gasteiger partial charge in [-0.3, -0.25) is 4.79 Å². The molecule has 3 heterocycles. The minimum absolute atomic E-state index is 0.0928. The zero-order chi connectivity index (χ0) is 23.8. The lowest BCUT2D eigenvalue weighted by Gasteiger charge is -2.45. The molecule has 4 rings (SSSR count). The van der Waals surface area contributed by atoms with Crippen LogP contribution in [0.15, 0.2) is 24.3 Å². The molecular weight excluding hydrogens is 420 g/mol. The van der Waals surface area contributed by atoms with Crippen LogP contribution in [0.1, 0.15) is 61.6 Å². The number of fused-ring (bicyclic) bond motifs is 1. The Morgan fingerprint density at radius 3 is 2.76 bits per heavy atom. The van der Waals surface area contributed by atoms with E-state index in [2.05, 4.69) is 20.9 Å². The topological polar surface area (TPSA) is 119 Å². The van der Waals surface area contributed by atoms with Crippen LogP contribution in [0.25, 0.3) is 0 Å². The largest absolute Gasteiger partial charge is 0.465 e. The number of carbonyl (C=O) groups is 2. The minimum atomic E-state index is -1.04. The Morgan fingerprint density at radius 1 is 1.27 bits per heavy atom. The fraction of sp³-hybridized carbons (Fsp3) is 0.500. The van der Waals surface area contributed by atoms with Crippen molar-refractivity contribution in [3.8, 4) is 0 Å². The second-order valence-electron chi connectivity index (χ2n) is 9.92. The highest BCUT2D eigenvalue weighted by atomic mass is 16.4. The van der Waals surface area contributed by atoms with E-state index in [1.807, 2.05) is 52.0 Å². The van der Waals surface area contributed by atoms with Gasteiger partial charge < -0.3 is 26.0 Å². The first kappa shape index (κ1) is 22.8. The van der Waals surface area contributed by atoms with Crippen LogP contribution in [-0.2, 0) is 6.54 Å². The Hall–Kier alpha value is -3.36. The molecule has 2 aliphatic rings. The van der Waals surface area contributed by atoms with Crippen molar-refractivity contribution in [3.63, 3.8) is 0 Å². The number of benzene rings is 1. The van der Waals surface area contributed by atoms with E-state index < -0.39 is 6.09 Å². The quantitative estimate of drug-likeness (QED) is 0.544. The van der Waals surface area contributed by atoms with Gasteiger partial charge in [0, 0.05) is 12.2 Å². The number of anilines is 3. The molecule has 0 aliphatic carbocycles. The summed E-state index contributed by atoms with van der Waals surface area (Å²) in [5.74, 6) is 0.798. The van der Waals surface area contributed by atoms with Crippen molar-refractivity contribution < 1.29 is 14.7 Å². The summed E-state index contributed by atoms with van der Waals surface area (Å²) >= 11 is 0. The lowest BCUT2D eigenvalue weighted by atomic mass is 9.79. The van der Waals surface area contributed by atoms with E-state index in [0.29, 0.717) is 29.6 Å². The number of amides is 2. The molecule has 2 aliphatic heterocycles. The minimum Gasteiger partial charge on any atom is -0.465 e. The summed E-state index contributed by atoms with van der Waals surface area (Å²) in [6.45, 7) is 9.20. The molecule has 176 valence electrons. The molecule has 2 aromatic rings. The van der Waals surface area contributed by atoms with Crippen molar-refractivity contribution in [2.75, 3.05) is 16.8 Å². The maximum atomic E-state index is 12.5. The molecule has 9 nitrogen and oxygen atoms in total. The Balaban J connectivity index is 1.75. The Bertz CT molecular complexity index is 1060. The molecule has 4 N–H and O–H groups in total. The Kier molecular flexibility index (Phi) is 6.14. The van der Waals surface area contributed by atoms with Gasteiger partial charge in [0.2, 0.25) is 5.95 Å². The van der Waals surface area contributed by atoms with Crippen LogP contribution < -0.4 is 20.9 Å². The van der Waals surface area contributed by atoms with Gasteiger partial charge in [0.15, 0.2) is 0 Å². The molecule has 2 atom stereocenters. The summed E-state index contributed by atoms with van der Waals surface area (Å²) < 4.78 is 0. The monoisotopic (exact) mass is 452 g/mol. The van der Waals surface area contributed by atoms with E-state index >= 15 is 0 Å². The highest BCUT2D eigenvalue weighted by Crippen LogP contribution is 2.34. The number of hydrogen-bond acceptors (Lipinski definition) is 6. The van der Waals surface area contributed by atoms with Crippen LogP contribution in [0, 0.1) is 12.3 Å². The highest BCUT2D eigenvalue weighted by Gasteiger charge is 2.40. The van der Waals surface area contributed by atoms with Crippen LogP contribution in [0.4, 0.5) is 22.2 Å². The van der Waals surface area contributed by atoms with Gasteiger partial charge in [-0.25, -0.2) is 9.78 Å². The molecule has 1 saturated heterocycles. The first-order valence-corrected chi connectivity index (χ1v) is 11.4. The standard InChI is InChI=1S/C24H32N6O3/c1-14-8-7-9-15(12-14)26-20-18-16(13-25-21(18)31)27-22(29-20)30-11-6-5-10-17(30)19(24(2,3)4)28-23(32)33/h7-9,12,17,19,28H,5-6,10-11,13H2,1-4H3,(H,25,31)(H,32,33)(H,26,27,29). The number of carbonyl (C=O) groups excluding carboxylic acids is 1. The number of nitrogens with zero attached hydrogens (tertiary/aromatic N) is 3. The first-order chi connectivity index (χ1) is 15.6. The normalized spacial score (nSPS) is 19.0. The van der Waals surface area contributed by atoms with Crippen molar-refractivity contribution in [3.05, 3.63) is 41.1 Å². The zero-order valence-electron chi connectivity index (χ0n) is 19.6. The fourth-order valence-corrected chi connectivity index (χ4v) is 4.77. The van der Waals surface area contributed by atoms with E-state index in [-0.39, 0.29) is 23.4 Å². The highest BCUT2D eigenvalue weighted by molar-refractivity contribution is 6.02. The third kappa shape index (κ3) is 4.86. The Labute approximate surface area is 194 Å². The summed E-state index contributed by atoms with van der Waals surface area (Å²) in [7, 11) is 0. The summed E-state index contributed by atoms with van der Waals surface area (Å²) in [6.07, 6.45) is 1.78. The molecule has 2 amide bonds. The smallest absolute Gasteiger partial charge is 0.404 e. The summed E-state index contributed by atoms with van der Waals surface area (Å²) in [5.41, 5.74) is 2.76. The number of rotatable bonds is 5. The van der Waals surface area contributed by atoms with Crippen LogP contribution in [0.3, 0.4) is 0 Å². The molecule has 1 fully saturated rings. The molecule has 0 bridgehead atoms. The van der Waals surface area contributed by atoms with Crippen LogP contribution >= 0.6 is 0 Å². The van der Waals surface area contributed by atoms with Crippen LogP contribution in [0.5, 0.6) is 0 Å². The maximum Gasteiger partial charge on any atom is 0.404 e. The molecule has 0 spiro atoms. The predicted octanol–water partition coefficient (Wildman–Crippen LogP) is 3.81. The average molecular weight is 453 g/mol. The van der Waals surface area contributed by atoms with Crippen molar-refractivity contribution in [2.24, 2.45) is 5.41 Å². The molecule has 9 heteroatoms. The number of aromatic nitrogens is 2. The number of aryl methyl sites for hydroxylation is 1. The van der Waals surface area contributed by atoms with E-state index in [0.717, 1.165) is 37.1 Å². The predicted molar refractivity (Wildman–Crippen MR) is 127 cm³/mol. The zero-order valence-corrected chi connectivity index (χ0v) is 19.6. The van der Waals surface area contributed by atoms with Crippen molar-refractivity contribution >= 4 is 29.5 Å². The fourth-order valence-electron chi connectivity index (χ4n) is 4.77. The van der Waals surface area contributed by atoms with Gasteiger partial charge in [-0.05, 0) is 49.3 Å². The van der Waals surface area contributed by atoms with E-state index in [1.165, 1.54) is 0 Å². The lowest BCUT2D eigenvalue weighted by Crippen LogP contribution is -2.59. The first-order valence-electron chi connectivity index (χ1n) is 11.4. The molecule has 0 saturated carbocycles. The van der Waals surface area contributed by atoms with Crippen molar-refractivity contribution in [1.29, 1.82) is 0 Å². The molecule has 33 heavy (non-hydrogen) atoms. The molecule has 1 aromatic carbocycles. The van der Waals surface area contributed by atoms with Gasteiger partial charge in [-0.2, -0.15) is 4.98 Å². The number of piperidine rings is 1. The van der Waals surface area contributed by atoms with Crippen LogP contribution in [0.2, 0.25) is 0 Å². The van der Waals surface area contributed by atoms with Gasteiger partial charge in [-0.15, -0.1) is 0 Å². The number of nitrogens with one attached hydrogen (secondary N) is 3. The van der Waals surface area contributed by atoms with Crippen molar-refractivity contribution in [2.45, 2.75) is 65.6 Å². The summed E-state index contributed by atoms with van der Waals surface area (Å²) in [6, 6.07) is 7.49. The van der Waals surface area contributed by atoms with E-state index in [1.54, 1.807) is 0 Å². The second-order valence-corrected chi connectivity index (χ2v) is 9.92. The Morgan fingerprint density at radius 2 is 2.06 bits per heavy atom. The molecule has 0 radical (unpaired) electrons. The SMILES string of the molecule is Cc1cccc(Nc2nc(N3CCCCC3C(NC(=O)O)C(C)(C)C)nc3c2C(=O)NC3)c1. The van der Waals surface area contributed by atoms with Gasteiger partial charge in [0.1, 0.15) is 11.4 Å². The van der Waals surface area contributed by atoms with Gasteiger partial charge in [0.25, 0.3) is 5.91 Å². The maximum absolute atomic E-state index is 12.5. The molecule has 1 aromatic heterocycles. The van der Waals surface area contributed by atoms with Gasteiger partial charge >= 0.3 is 6.09 Å². The molecule has 2 unspecified atom stereocenters. The van der Waals surface area contributed by atoms with Gasteiger partial charge in [-0.1, -0.05) is 32.9 Å². The lowest BCUT2D eigenvalue weighted by molar-refractivity contribution is 0.0966. The third-order valence-corrected chi connectivity index (χ3v) is 6.30. The van der Waals surface area contributed by atoms with Crippen molar-refractivity contribution in [1.82, 2.24) is 20.6 Å². The van der Waals surface area contributed by atoms with Crippen LogP contribution in [-0.4, -0.2) is 45.7 Å². The third-order valence-electron chi connectivity index (χ3n) is 6.30. The number of hydrogen-bond donors (Lipinski definition) is 4. The summed E-state index contributed by atoms with van der Waals surface area (Å²) in [4.78, 5) is 35.8. The van der Waals surface area contributed by atoms with E-state index in [4.69, 9.17) is 9.97 Å².